The molecule has 1 aliphatic rings. The summed E-state index contributed by atoms with van der Waals surface area (Å²) in [5.41, 5.74) is 2.08. The number of piperidine rings is 1. The van der Waals surface area contributed by atoms with Crippen molar-refractivity contribution in [3.8, 4) is 0 Å². The summed E-state index contributed by atoms with van der Waals surface area (Å²) in [4.78, 5) is 17.9. The van der Waals surface area contributed by atoms with Gasteiger partial charge in [-0.3, -0.25) is 15.0 Å². The second-order valence-electron chi connectivity index (χ2n) is 7.26. The average Bonchev–Trinajstić information content (AvgIpc) is 2.74. The predicted molar refractivity (Wildman–Crippen MR) is 116 cm³/mol. The minimum absolute atomic E-state index is 0.112. The van der Waals surface area contributed by atoms with Crippen LogP contribution in [-0.2, 0) is 13.1 Å². The maximum absolute atomic E-state index is 11.2. The zero-order valence-electron chi connectivity index (χ0n) is 16.9. The highest BCUT2D eigenvalue weighted by molar-refractivity contribution is 5.80. The van der Waals surface area contributed by atoms with Crippen molar-refractivity contribution >= 4 is 11.6 Å². The number of nitrogens with zero attached hydrogens (tertiary/aromatic N) is 3. The van der Waals surface area contributed by atoms with Crippen LogP contribution in [0.2, 0.25) is 0 Å². The maximum Gasteiger partial charge on any atom is 0.274 e. The Morgan fingerprint density at radius 2 is 1.83 bits per heavy atom. The van der Waals surface area contributed by atoms with Gasteiger partial charge in [0.15, 0.2) is 5.96 Å². The van der Waals surface area contributed by atoms with Gasteiger partial charge in [0.05, 0.1) is 17.0 Å². The van der Waals surface area contributed by atoms with Crippen molar-refractivity contribution in [3.63, 3.8) is 0 Å². The highest BCUT2D eigenvalue weighted by Crippen LogP contribution is 2.18. The molecule has 1 fully saturated rings. The minimum Gasteiger partial charge on any atom is -0.357 e. The lowest BCUT2D eigenvalue weighted by Crippen LogP contribution is -2.48. The first-order valence-electron chi connectivity index (χ1n) is 10.2. The summed E-state index contributed by atoms with van der Waals surface area (Å²) < 4.78 is 0. The van der Waals surface area contributed by atoms with E-state index in [1.807, 2.05) is 13.0 Å². The van der Waals surface area contributed by atoms with Crippen molar-refractivity contribution in [1.82, 2.24) is 15.5 Å². The molecule has 0 unspecified atom stereocenters. The summed E-state index contributed by atoms with van der Waals surface area (Å²) in [5.74, 6) is 0.715. The Morgan fingerprint density at radius 1 is 1.14 bits per heavy atom. The molecule has 0 bridgehead atoms. The van der Waals surface area contributed by atoms with Gasteiger partial charge >= 0.3 is 0 Å². The van der Waals surface area contributed by atoms with E-state index in [9.17, 15) is 10.1 Å². The molecule has 1 aliphatic heterocycles. The normalized spacial score (nSPS) is 15.8. The van der Waals surface area contributed by atoms with Crippen molar-refractivity contribution in [2.75, 3.05) is 19.6 Å². The fraction of sp³-hybridized carbons (Fsp3) is 0.409. The fourth-order valence-corrected chi connectivity index (χ4v) is 3.58. The summed E-state index contributed by atoms with van der Waals surface area (Å²) in [6.07, 6.45) is 2.09. The highest BCUT2D eigenvalue weighted by Gasteiger charge is 2.20. The zero-order valence-corrected chi connectivity index (χ0v) is 16.9. The minimum atomic E-state index is -0.354. The van der Waals surface area contributed by atoms with Crippen LogP contribution >= 0.6 is 0 Å². The number of aliphatic imine (C=N–C) groups is 1. The highest BCUT2D eigenvalue weighted by atomic mass is 16.6. The van der Waals surface area contributed by atoms with E-state index in [2.05, 4.69) is 44.8 Å². The number of likely N-dealkylation sites (tertiary alicyclic amines) is 1. The molecule has 0 atom stereocenters. The largest absolute Gasteiger partial charge is 0.357 e. The number of nitrogens with one attached hydrogen (secondary N) is 2. The van der Waals surface area contributed by atoms with Crippen LogP contribution in [0.1, 0.15) is 30.9 Å². The van der Waals surface area contributed by atoms with Crippen molar-refractivity contribution < 1.29 is 4.92 Å². The molecule has 2 aromatic carbocycles. The lowest BCUT2D eigenvalue weighted by atomic mass is 10.0. The van der Waals surface area contributed by atoms with Crippen LogP contribution in [0.25, 0.3) is 0 Å². The third-order valence-electron chi connectivity index (χ3n) is 5.12. The molecule has 154 valence electrons. The Hall–Kier alpha value is -2.93. The van der Waals surface area contributed by atoms with Gasteiger partial charge in [-0.25, -0.2) is 4.99 Å². The molecule has 2 aromatic rings. The molecule has 0 amide bonds. The first kappa shape index (κ1) is 20.8. The van der Waals surface area contributed by atoms with Gasteiger partial charge in [-0.2, -0.15) is 0 Å². The van der Waals surface area contributed by atoms with Gasteiger partial charge in [0.2, 0.25) is 0 Å². The number of hydrogen-bond acceptors (Lipinski definition) is 4. The molecule has 1 heterocycles. The number of guanidine groups is 1. The Balaban J connectivity index is 1.54. The van der Waals surface area contributed by atoms with E-state index in [0.29, 0.717) is 17.6 Å². The van der Waals surface area contributed by atoms with Crippen molar-refractivity contribution in [1.29, 1.82) is 0 Å². The van der Waals surface area contributed by atoms with E-state index < -0.39 is 0 Å². The molecular weight excluding hydrogens is 366 g/mol. The number of benzene rings is 2. The second-order valence-corrected chi connectivity index (χ2v) is 7.26. The summed E-state index contributed by atoms with van der Waals surface area (Å²) in [7, 11) is 0. The maximum atomic E-state index is 11.2. The van der Waals surface area contributed by atoms with E-state index in [1.165, 1.54) is 11.6 Å². The van der Waals surface area contributed by atoms with E-state index in [-0.39, 0.29) is 17.2 Å². The molecule has 2 N–H and O–H groups in total. The first-order valence-corrected chi connectivity index (χ1v) is 10.2. The van der Waals surface area contributed by atoms with Gasteiger partial charge in [-0.15, -0.1) is 0 Å². The fourth-order valence-electron chi connectivity index (χ4n) is 3.58. The van der Waals surface area contributed by atoms with Crippen LogP contribution < -0.4 is 10.6 Å². The van der Waals surface area contributed by atoms with Gasteiger partial charge in [-0.1, -0.05) is 48.5 Å². The second kappa shape index (κ2) is 10.6. The monoisotopic (exact) mass is 395 g/mol. The average molecular weight is 396 g/mol. The molecule has 7 nitrogen and oxygen atoms in total. The van der Waals surface area contributed by atoms with Crippen LogP contribution in [0.4, 0.5) is 5.69 Å². The smallest absolute Gasteiger partial charge is 0.274 e. The standard InChI is InChI=1S/C22H29N5O2/c1-2-23-22(24-16-19-10-6-7-11-21(19)27(28)29)25-20-12-14-26(15-13-20)17-18-8-4-3-5-9-18/h3-11,20H,2,12-17H2,1H3,(H2,23,24,25). The van der Waals surface area contributed by atoms with E-state index in [4.69, 9.17) is 0 Å². The lowest BCUT2D eigenvalue weighted by molar-refractivity contribution is -0.385. The van der Waals surface area contributed by atoms with Gasteiger partial charge in [0, 0.05) is 38.3 Å². The Morgan fingerprint density at radius 3 is 2.52 bits per heavy atom. The SMILES string of the molecule is CCNC(=NCc1ccccc1[N+](=O)[O-])NC1CCN(Cc2ccccc2)CC1. The number of para-hydroxylation sites is 1. The van der Waals surface area contributed by atoms with Gasteiger partial charge in [0.25, 0.3) is 5.69 Å². The summed E-state index contributed by atoms with van der Waals surface area (Å²) in [6.45, 7) is 6.10. The summed E-state index contributed by atoms with van der Waals surface area (Å²) >= 11 is 0. The zero-order chi connectivity index (χ0) is 20.5. The molecule has 0 aromatic heterocycles. The molecule has 29 heavy (non-hydrogen) atoms. The van der Waals surface area contributed by atoms with Gasteiger partial charge in [0.1, 0.15) is 0 Å². The lowest BCUT2D eigenvalue weighted by Gasteiger charge is -2.33. The summed E-state index contributed by atoms with van der Waals surface area (Å²) in [6, 6.07) is 17.7. The number of hydrogen-bond donors (Lipinski definition) is 2. The molecular formula is C22H29N5O2. The third-order valence-corrected chi connectivity index (χ3v) is 5.12. The van der Waals surface area contributed by atoms with Gasteiger partial charge < -0.3 is 10.6 Å². The molecule has 0 saturated carbocycles. The molecule has 0 aliphatic carbocycles. The van der Waals surface area contributed by atoms with Gasteiger partial charge in [-0.05, 0) is 25.3 Å². The molecule has 7 heteroatoms. The molecule has 0 spiro atoms. The van der Waals surface area contributed by atoms with E-state index in [1.54, 1.807) is 18.2 Å². The first-order chi connectivity index (χ1) is 14.2. The summed E-state index contributed by atoms with van der Waals surface area (Å²) in [5, 5.41) is 17.9. The molecule has 1 saturated heterocycles. The van der Waals surface area contributed by atoms with Crippen molar-refractivity contribution in [3.05, 3.63) is 75.8 Å². The Bertz CT molecular complexity index is 817. The van der Waals surface area contributed by atoms with Crippen LogP contribution in [0, 0.1) is 10.1 Å². The molecule has 0 radical (unpaired) electrons. The Kier molecular flexibility index (Phi) is 7.58. The number of nitro benzene ring substituents is 1. The Labute approximate surface area is 172 Å². The van der Waals surface area contributed by atoms with Crippen LogP contribution in [0.3, 0.4) is 0 Å². The van der Waals surface area contributed by atoms with Crippen molar-refractivity contribution in [2.24, 2.45) is 4.99 Å². The number of nitro groups is 1. The van der Waals surface area contributed by atoms with Crippen LogP contribution in [-0.4, -0.2) is 41.5 Å². The number of rotatable bonds is 7. The third kappa shape index (κ3) is 6.29. The topological polar surface area (TPSA) is 82.8 Å². The van der Waals surface area contributed by atoms with E-state index >= 15 is 0 Å². The molecule has 3 rings (SSSR count). The van der Waals surface area contributed by atoms with E-state index in [0.717, 1.165) is 39.0 Å². The van der Waals surface area contributed by atoms with Crippen LogP contribution in [0.5, 0.6) is 0 Å². The van der Waals surface area contributed by atoms with Crippen LogP contribution in [0.15, 0.2) is 59.6 Å². The quantitative estimate of drug-likeness (QED) is 0.325. The van der Waals surface area contributed by atoms with Crippen molar-refractivity contribution in [2.45, 2.75) is 38.9 Å². The predicted octanol–water partition coefficient (Wildman–Crippen LogP) is 3.31.